The summed E-state index contributed by atoms with van der Waals surface area (Å²) in [6.07, 6.45) is 2.37. The molecule has 0 unspecified atom stereocenters. The molecule has 112 valence electrons. The molecule has 1 amide bonds. The van der Waals surface area contributed by atoms with Crippen molar-refractivity contribution in [1.82, 2.24) is 25.0 Å². The minimum Gasteiger partial charge on any atom is -0.347 e. The van der Waals surface area contributed by atoms with E-state index in [2.05, 4.69) is 34.3 Å². The van der Waals surface area contributed by atoms with E-state index in [1.54, 1.807) is 4.57 Å². The van der Waals surface area contributed by atoms with Gasteiger partial charge in [0.15, 0.2) is 10.6 Å². The Kier molecular flexibility index (Phi) is 4.93. The van der Waals surface area contributed by atoms with Crippen LogP contribution in [0.15, 0.2) is 0 Å². The van der Waals surface area contributed by atoms with Gasteiger partial charge in [-0.15, -0.1) is 0 Å². The van der Waals surface area contributed by atoms with Gasteiger partial charge in [-0.05, 0) is 44.1 Å². The van der Waals surface area contributed by atoms with Crippen molar-refractivity contribution in [3.8, 4) is 0 Å². The summed E-state index contributed by atoms with van der Waals surface area (Å²) in [6.45, 7) is 6.63. The van der Waals surface area contributed by atoms with Gasteiger partial charge in [-0.1, -0.05) is 13.8 Å². The van der Waals surface area contributed by atoms with Gasteiger partial charge in [0.2, 0.25) is 5.91 Å². The van der Waals surface area contributed by atoms with Gasteiger partial charge in [0.25, 0.3) is 0 Å². The number of likely N-dealkylation sites (tertiary alicyclic amines) is 1. The van der Waals surface area contributed by atoms with Crippen molar-refractivity contribution in [2.45, 2.75) is 39.3 Å². The third kappa shape index (κ3) is 3.27. The monoisotopic (exact) mass is 297 g/mol. The lowest BCUT2D eigenvalue weighted by atomic mass is 10.0. The highest BCUT2D eigenvalue weighted by atomic mass is 32.1. The van der Waals surface area contributed by atoms with E-state index in [9.17, 15) is 4.79 Å². The first-order valence-electron chi connectivity index (χ1n) is 7.12. The number of nitrogens with one attached hydrogen (secondary N) is 2. The lowest BCUT2D eigenvalue weighted by Gasteiger charge is -2.29. The van der Waals surface area contributed by atoms with Crippen LogP contribution in [-0.4, -0.2) is 44.7 Å². The molecule has 7 heteroatoms. The zero-order valence-electron chi connectivity index (χ0n) is 12.3. The summed E-state index contributed by atoms with van der Waals surface area (Å²) in [5.74, 6) is 1.12. The Morgan fingerprint density at radius 3 is 2.60 bits per heavy atom. The minimum atomic E-state index is -0.0512. The summed E-state index contributed by atoms with van der Waals surface area (Å²) in [6, 6.07) is -0.0512. The van der Waals surface area contributed by atoms with Crippen LogP contribution in [0.1, 0.15) is 32.5 Å². The second kappa shape index (κ2) is 6.49. The highest BCUT2D eigenvalue weighted by Crippen LogP contribution is 2.17. The number of rotatable bonds is 5. The number of H-pyrrole nitrogens is 1. The zero-order chi connectivity index (χ0) is 14.7. The number of hydrogen-bond acceptors (Lipinski definition) is 4. The summed E-state index contributed by atoms with van der Waals surface area (Å²) in [7, 11) is 1.84. The van der Waals surface area contributed by atoms with Crippen LogP contribution in [0, 0.1) is 10.7 Å². The molecule has 1 aromatic heterocycles. The third-order valence-electron chi connectivity index (χ3n) is 3.83. The van der Waals surface area contributed by atoms with Crippen molar-refractivity contribution in [3.63, 3.8) is 0 Å². The first-order valence-corrected chi connectivity index (χ1v) is 7.53. The van der Waals surface area contributed by atoms with Gasteiger partial charge in [-0.3, -0.25) is 14.8 Å². The van der Waals surface area contributed by atoms with E-state index in [1.807, 2.05) is 7.05 Å². The van der Waals surface area contributed by atoms with Crippen molar-refractivity contribution >= 4 is 18.1 Å². The Morgan fingerprint density at radius 2 is 2.10 bits per heavy atom. The van der Waals surface area contributed by atoms with Crippen LogP contribution in [0.25, 0.3) is 0 Å². The Hall–Kier alpha value is -1.21. The Morgan fingerprint density at radius 1 is 1.45 bits per heavy atom. The maximum Gasteiger partial charge on any atom is 0.237 e. The summed E-state index contributed by atoms with van der Waals surface area (Å²) >= 11 is 5.06. The van der Waals surface area contributed by atoms with Gasteiger partial charge < -0.3 is 9.88 Å². The van der Waals surface area contributed by atoms with E-state index < -0.39 is 0 Å². The molecule has 0 radical (unpaired) electrons. The van der Waals surface area contributed by atoms with Crippen LogP contribution in [0.2, 0.25) is 0 Å². The summed E-state index contributed by atoms with van der Waals surface area (Å²) < 4.78 is 2.34. The second-order valence-electron chi connectivity index (χ2n) is 5.65. The predicted octanol–water partition coefficient (Wildman–Crippen LogP) is 1.21. The molecule has 1 saturated heterocycles. The molecule has 0 aliphatic carbocycles. The number of aromatic amines is 1. The quantitative estimate of drug-likeness (QED) is 0.802. The van der Waals surface area contributed by atoms with Crippen LogP contribution in [-0.2, 0) is 18.4 Å². The van der Waals surface area contributed by atoms with E-state index in [-0.39, 0.29) is 11.9 Å². The van der Waals surface area contributed by atoms with Crippen molar-refractivity contribution < 1.29 is 4.79 Å². The number of aromatic nitrogens is 3. The number of amides is 1. The van der Waals surface area contributed by atoms with E-state index in [0.29, 0.717) is 17.2 Å². The maximum absolute atomic E-state index is 12.4. The van der Waals surface area contributed by atoms with Gasteiger partial charge >= 0.3 is 0 Å². The molecule has 20 heavy (non-hydrogen) atoms. The molecular formula is C13H23N5OS. The van der Waals surface area contributed by atoms with Gasteiger partial charge in [0.1, 0.15) is 0 Å². The number of carbonyl (C=O) groups excluding carboxylic acids is 1. The highest BCUT2D eigenvalue weighted by molar-refractivity contribution is 7.71. The Labute approximate surface area is 124 Å². The molecular weight excluding hydrogens is 274 g/mol. The maximum atomic E-state index is 12.4. The Balaban J connectivity index is 1.98. The normalized spacial score (nSPS) is 17.6. The number of hydrogen-bond donors (Lipinski definition) is 2. The van der Waals surface area contributed by atoms with Crippen LogP contribution < -0.4 is 5.32 Å². The second-order valence-corrected chi connectivity index (χ2v) is 6.04. The number of carbonyl (C=O) groups is 1. The molecule has 2 heterocycles. The van der Waals surface area contributed by atoms with Crippen molar-refractivity contribution in [3.05, 3.63) is 10.6 Å². The molecule has 1 aliphatic heterocycles. The zero-order valence-corrected chi connectivity index (χ0v) is 13.2. The first-order chi connectivity index (χ1) is 9.50. The Bertz CT molecular complexity index is 515. The van der Waals surface area contributed by atoms with Gasteiger partial charge in [-0.2, -0.15) is 5.10 Å². The smallest absolute Gasteiger partial charge is 0.237 e. The van der Waals surface area contributed by atoms with Gasteiger partial charge in [0, 0.05) is 7.05 Å². The van der Waals surface area contributed by atoms with Gasteiger partial charge in [-0.25, -0.2) is 0 Å². The fraction of sp³-hybridized carbons (Fsp3) is 0.769. The third-order valence-corrected chi connectivity index (χ3v) is 4.19. The van der Waals surface area contributed by atoms with Crippen molar-refractivity contribution in [2.75, 3.05) is 13.1 Å². The fourth-order valence-electron chi connectivity index (χ4n) is 2.72. The molecule has 0 saturated carbocycles. The van der Waals surface area contributed by atoms with Crippen LogP contribution in [0.3, 0.4) is 0 Å². The van der Waals surface area contributed by atoms with E-state index in [1.165, 1.54) is 12.8 Å². The van der Waals surface area contributed by atoms with E-state index in [0.717, 1.165) is 18.9 Å². The number of nitrogens with zero attached hydrogens (tertiary/aromatic N) is 3. The van der Waals surface area contributed by atoms with E-state index >= 15 is 0 Å². The molecule has 1 aromatic rings. The molecule has 1 aliphatic rings. The lowest BCUT2D eigenvalue weighted by molar-refractivity contribution is -0.127. The topological polar surface area (TPSA) is 66.0 Å². The largest absolute Gasteiger partial charge is 0.347 e. The lowest BCUT2D eigenvalue weighted by Crippen LogP contribution is -2.48. The first kappa shape index (κ1) is 15.2. The molecule has 2 rings (SSSR count). The molecule has 1 fully saturated rings. The molecule has 0 bridgehead atoms. The minimum absolute atomic E-state index is 0.0512. The molecule has 0 aromatic carbocycles. The van der Waals surface area contributed by atoms with Crippen molar-refractivity contribution in [1.29, 1.82) is 0 Å². The summed E-state index contributed by atoms with van der Waals surface area (Å²) in [4.78, 5) is 14.7. The SMILES string of the molecule is CC(C)[C@@H](C(=O)NCc1n[nH]c(=S)n1C)N1CCCC1. The van der Waals surface area contributed by atoms with Crippen LogP contribution in [0.4, 0.5) is 0 Å². The standard InChI is InChI=1S/C13H23N5OS/c1-9(2)11(18-6-4-5-7-18)12(19)14-8-10-15-16-13(20)17(10)3/h9,11H,4-8H2,1-3H3,(H,14,19)(H,16,20)/t11-/m0/s1. The highest BCUT2D eigenvalue weighted by Gasteiger charge is 2.30. The van der Waals surface area contributed by atoms with Crippen LogP contribution in [0.5, 0.6) is 0 Å². The summed E-state index contributed by atoms with van der Waals surface area (Å²) in [5, 5.41) is 9.81. The average molecular weight is 297 g/mol. The molecule has 1 atom stereocenters. The predicted molar refractivity (Wildman–Crippen MR) is 79.7 cm³/mol. The molecule has 2 N–H and O–H groups in total. The molecule has 0 spiro atoms. The van der Waals surface area contributed by atoms with E-state index in [4.69, 9.17) is 12.2 Å². The fourth-order valence-corrected chi connectivity index (χ4v) is 2.87. The van der Waals surface area contributed by atoms with Crippen molar-refractivity contribution in [2.24, 2.45) is 13.0 Å². The molecule has 6 nitrogen and oxygen atoms in total. The summed E-state index contributed by atoms with van der Waals surface area (Å²) in [5.41, 5.74) is 0. The average Bonchev–Trinajstić information content (AvgIpc) is 3.00. The van der Waals surface area contributed by atoms with Crippen LogP contribution >= 0.6 is 12.2 Å². The van der Waals surface area contributed by atoms with Gasteiger partial charge in [0.05, 0.1) is 12.6 Å².